The molecule has 4 nitrogen and oxygen atoms in total. The monoisotopic (exact) mass is 251 g/mol. The third kappa shape index (κ3) is 4.54. The predicted molar refractivity (Wildman–Crippen MR) is 54.8 cm³/mol. The highest BCUT2D eigenvalue weighted by Gasteiger charge is 2.10. The van der Waals surface area contributed by atoms with E-state index in [2.05, 4.69) is 9.46 Å². The smallest absolute Gasteiger partial charge is 0.387 e. The molecule has 0 aromatic heterocycles. The first-order valence-corrected chi connectivity index (χ1v) is 6.25. The summed E-state index contributed by atoms with van der Waals surface area (Å²) in [6, 6.07) is 6.00. The van der Waals surface area contributed by atoms with Gasteiger partial charge in [0.25, 0.3) is 0 Å². The molecule has 0 aliphatic heterocycles. The molecule has 0 atom stereocenters. The van der Waals surface area contributed by atoms with Gasteiger partial charge in [-0.2, -0.15) is 8.78 Å². The molecule has 0 aliphatic carbocycles. The predicted octanol–water partition coefficient (Wildman–Crippen LogP) is 1.34. The zero-order valence-electron chi connectivity index (χ0n) is 8.48. The molecule has 0 spiro atoms. The molecule has 1 aromatic rings. The van der Waals surface area contributed by atoms with Gasteiger partial charge in [-0.1, -0.05) is 18.2 Å². The van der Waals surface area contributed by atoms with Gasteiger partial charge < -0.3 is 4.74 Å². The van der Waals surface area contributed by atoms with Crippen LogP contribution in [0.15, 0.2) is 24.3 Å². The maximum Gasteiger partial charge on any atom is 0.387 e. The van der Waals surface area contributed by atoms with Gasteiger partial charge >= 0.3 is 6.61 Å². The minimum atomic E-state index is -3.36. The average molecular weight is 251 g/mol. The van der Waals surface area contributed by atoms with Gasteiger partial charge in [0.15, 0.2) is 0 Å². The van der Waals surface area contributed by atoms with Crippen molar-refractivity contribution >= 4 is 10.0 Å². The molecule has 0 unspecified atom stereocenters. The van der Waals surface area contributed by atoms with Gasteiger partial charge in [-0.05, 0) is 6.07 Å². The van der Waals surface area contributed by atoms with Crippen LogP contribution in [0.2, 0.25) is 0 Å². The van der Waals surface area contributed by atoms with E-state index in [1.807, 2.05) is 0 Å². The number of hydrogen-bond acceptors (Lipinski definition) is 3. The first-order valence-electron chi connectivity index (χ1n) is 4.36. The largest absolute Gasteiger partial charge is 0.434 e. The Kier molecular flexibility index (Phi) is 4.19. The normalized spacial score (nSPS) is 11.8. The lowest BCUT2D eigenvalue weighted by molar-refractivity contribution is -0.0504. The number of benzene rings is 1. The second kappa shape index (κ2) is 5.22. The van der Waals surface area contributed by atoms with Gasteiger partial charge in [0, 0.05) is 12.1 Å². The van der Waals surface area contributed by atoms with Gasteiger partial charge in [0.05, 0.1) is 6.26 Å². The zero-order valence-corrected chi connectivity index (χ0v) is 9.30. The Morgan fingerprint density at radius 2 is 2.00 bits per heavy atom. The van der Waals surface area contributed by atoms with Crippen molar-refractivity contribution in [2.24, 2.45) is 0 Å². The first-order chi connectivity index (χ1) is 7.38. The molecule has 1 aromatic carbocycles. The topological polar surface area (TPSA) is 55.4 Å². The van der Waals surface area contributed by atoms with Crippen LogP contribution >= 0.6 is 0 Å². The number of hydrogen-bond donors (Lipinski definition) is 1. The van der Waals surface area contributed by atoms with Gasteiger partial charge in [0.2, 0.25) is 10.0 Å². The van der Waals surface area contributed by atoms with Crippen LogP contribution in [-0.2, 0) is 16.6 Å². The molecule has 7 heteroatoms. The van der Waals surface area contributed by atoms with Crippen molar-refractivity contribution in [3.05, 3.63) is 29.8 Å². The molecule has 0 amide bonds. The van der Waals surface area contributed by atoms with Crippen LogP contribution in [0.25, 0.3) is 0 Å². The van der Waals surface area contributed by atoms with Crippen molar-refractivity contribution in [1.29, 1.82) is 0 Å². The molecule has 0 heterocycles. The number of nitrogens with one attached hydrogen (secondary N) is 1. The van der Waals surface area contributed by atoms with Crippen molar-refractivity contribution in [2.75, 3.05) is 6.26 Å². The highest BCUT2D eigenvalue weighted by Crippen LogP contribution is 2.19. The second-order valence-corrected chi connectivity index (χ2v) is 4.91. The van der Waals surface area contributed by atoms with Gasteiger partial charge in [-0.25, -0.2) is 13.1 Å². The summed E-state index contributed by atoms with van der Waals surface area (Å²) < 4.78 is 52.1. The maximum atomic E-state index is 12.0. The van der Waals surface area contributed by atoms with E-state index in [1.54, 1.807) is 6.07 Å². The van der Waals surface area contributed by atoms with E-state index in [9.17, 15) is 17.2 Å². The minimum Gasteiger partial charge on any atom is -0.434 e. The summed E-state index contributed by atoms with van der Waals surface area (Å²) in [6.45, 7) is -3.01. The maximum absolute atomic E-state index is 12.0. The molecule has 1 rings (SSSR count). The van der Waals surface area contributed by atoms with E-state index in [0.717, 1.165) is 6.26 Å². The van der Waals surface area contributed by atoms with E-state index in [0.29, 0.717) is 5.56 Å². The van der Waals surface area contributed by atoms with Crippen molar-refractivity contribution in [1.82, 2.24) is 4.72 Å². The summed E-state index contributed by atoms with van der Waals surface area (Å²) in [5.41, 5.74) is 0.355. The van der Waals surface area contributed by atoms with E-state index in [1.165, 1.54) is 18.2 Å². The third-order valence-corrected chi connectivity index (χ3v) is 2.38. The molecule has 0 bridgehead atoms. The SMILES string of the molecule is CS(=O)(=O)NCc1ccccc1OC(F)F. The minimum absolute atomic E-state index is 0.0337. The van der Waals surface area contributed by atoms with Crippen molar-refractivity contribution in [2.45, 2.75) is 13.2 Å². The number of sulfonamides is 1. The van der Waals surface area contributed by atoms with Crippen LogP contribution < -0.4 is 9.46 Å². The summed E-state index contributed by atoms with van der Waals surface area (Å²) in [7, 11) is -3.36. The summed E-state index contributed by atoms with van der Waals surface area (Å²) in [6.07, 6.45) is 0.990. The fourth-order valence-electron chi connectivity index (χ4n) is 1.07. The number of alkyl halides is 2. The Labute approximate surface area is 92.3 Å². The molecule has 90 valence electrons. The highest BCUT2D eigenvalue weighted by atomic mass is 32.2. The summed E-state index contributed by atoms with van der Waals surface area (Å²) >= 11 is 0. The van der Waals surface area contributed by atoms with Crippen molar-refractivity contribution in [3.63, 3.8) is 0 Å². The van der Waals surface area contributed by atoms with Crippen molar-refractivity contribution < 1.29 is 21.9 Å². The zero-order chi connectivity index (χ0) is 12.2. The quantitative estimate of drug-likeness (QED) is 0.859. The van der Waals surface area contributed by atoms with Crippen LogP contribution in [-0.4, -0.2) is 21.3 Å². The Balaban J connectivity index is 2.79. The van der Waals surface area contributed by atoms with Gasteiger partial charge in [-0.15, -0.1) is 0 Å². The second-order valence-electron chi connectivity index (χ2n) is 3.08. The first kappa shape index (κ1) is 12.9. The molecule has 0 fully saturated rings. The molecule has 16 heavy (non-hydrogen) atoms. The van der Waals surface area contributed by atoms with Crippen LogP contribution in [0.3, 0.4) is 0 Å². The number of ether oxygens (including phenoxy) is 1. The van der Waals surface area contributed by atoms with Crippen LogP contribution in [0.5, 0.6) is 5.75 Å². The number of para-hydroxylation sites is 1. The number of rotatable bonds is 5. The van der Waals surface area contributed by atoms with Crippen LogP contribution in [0.4, 0.5) is 8.78 Å². The van der Waals surface area contributed by atoms with Crippen molar-refractivity contribution in [3.8, 4) is 5.75 Å². The fraction of sp³-hybridized carbons (Fsp3) is 0.333. The molecule has 0 aliphatic rings. The lowest BCUT2D eigenvalue weighted by Gasteiger charge is -2.10. The molecule has 0 saturated heterocycles. The van der Waals surface area contributed by atoms with E-state index >= 15 is 0 Å². The summed E-state index contributed by atoms with van der Waals surface area (Å²) in [5, 5.41) is 0. The summed E-state index contributed by atoms with van der Waals surface area (Å²) in [4.78, 5) is 0. The van der Waals surface area contributed by atoms with E-state index in [4.69, 9.17) is 0 Å². The lowest BCUT2D eigenvalue weighted by atomic mass is 10.2. The Hall–Kier alpha value is -1.21. The lowest BCUT2D eigenvalue weighted by Crippen LogP contribution is -2.21. The van der Waals surface area contributed by atoms with Gasteiger partial charge in [0.1, 0.15) is 5.75 Å². The molecule has 0 radical (unpaired) electrons. The molecule has 1 N–H and O–H groups in total. The Morgan fingerprint density at radius 1 is 1.38 bits per heavy atom. The van der Waals surface area contributed by atoms with E-state index in [-0.39, 0.29) is 12.3 Å². The molecular weight excluding hydrogens is 240 g/mol. The number of halogens is 2. The third-order valence-electron chi connectivity index (χ3n) is 1.71. The highest BCUT2D eigenvalue weighted by molar-refractivity contribution is 7.88. The Morgan fingerprint density at radius 3 is 2.56 bits per heavy atom. The standard InChI is InChI=1S/C9H11F2NO3S/c1-16(13,14)12-6-7-4-2-3-5-8(7)15-9(10)11/h2-5,9,12H,6H2,1H3. The summed E-state index contributed by atoms with van der Waals surface area (Å²) in [5.74, 6) is -0.0337. The van der Waals surface area contributed by atoms with Crippen LogP contribution in [0, 0.1) is 0 Å². The average Bonchev–Trinajstić information content (AvgIpc) is 2.14. The molecule has 0 saturated carbocycles. The molecular formula is C9H11F2NO3S. The van der Waals surface area contributed by atoms with Crippen LogP contribution in [0.1, 0.15) is 5.56 Å². The van der Waals surface area contributed by atoms with Gasteiger partial charge in [-0.3, -0.25) is 0 Å². The van der Waals surface area contributed by atoms with E-state index < -0.39 is 16.6 Å². The Bertz CT molecular complexity index is 448. The fourth-order valence-corrected chi connectivity index (χ4v) is 1.49.